The molecule has 3 rings (SSSR count). The van der Waals surface area contributed by atoms with Crippen molar-refractivity contribution in [1.29, 1.82) is 0 Å². The second-order valence-corrected chi connectivity index (χ2v) is 5.89. The zero-order valence-corrected chi connectivity index (χ0v) is 14.0. The Bertz CT molecular complexity index is 863. The van der Waals surface area contributed by atoms with Gasteiger partial charge in [-0.3, -0.25) is 4.79 Å². The number of rotatable bonds is 4. The number of halogens is 1. The number of aryl methyl sites for hydroxylation is 1. The third-order valence-electron chi connectivity index (χ3n) is 3.67. The second kappa shape index (κ2) is 7.20. The standard InChI is InChI=1S/C20H17ClN2O/c1-14-11-12-15(21)13-19(14)23-20(24)17-9-5-6-10-18(17)22-16-7-3-2-4-8-16/h2-13,22H,1H3,(H,23,24). The molecule has 120 valence electrons. The first-order chi connectivity index (χ1) is 11.6. The number of carbonyl (C=O) groups is 1. The highest BCUT2D eigenvalue weighted by molar-refractivity contribution is 6.31. The van der Waals surface area contributed by atoms with Crippen LogP contribution in [0.25, 0.3) is 0 Å². The molecule has 0 saturated heterocycles. The molecular formula is C20H17ClN2O. The summed E-state index contributed by atoms with van der Waals surface area (Å²) in [6.07, 6.45) is 0. The first-order valence-corrected chi connectivity index (χ1v) is 8.00. The Balaban J connectivity index is 1.86. The van der Waals surface area contributed by atoms with Crippen molar-refractivity contribution < 1.29 is 4.79 Å². The van der Waals surface area contributed by atoms with Crippen molar-refractivity contribution >= 4 is 34.6 Å². The van der Waals surface area contributed by atoms with Gasteiger partial charge in [0.25, 0.3) is 5.91 Å². The second-order valence-electron chi connectivity index (χ2n) is 5.45. The van der Waals surface area contributed by atoms with Gasteiger partial charge in [0, 0.05) is 16.4 Å². The van der Waals surface area contributed by atoms with E-state index in [1.807, 2.05) is 61.5 Å². The minimum atomic E-state index is -0.181. The van der Waals surface area contributed by atoms with Crippen LogP contribution in [-0.2, 0) is 0 Å². The lowest BCUT2D eigenvalue weighted by molar-refractivity contribution is 0.102. The van der Waals surface area contributed by atoms with Gasteiger partial charge >= 0.3 is 0 Å². The third-order valence-corrected chi connectivity index (χ3v) is 3.91. The van der Waals surface area contributed by atoms with Crippen molar-refractivity contribution in [2.75, 3.05) is 10.6 Å². The van der Waals surface area contributed by atoms with Crippen LogP contribution >= 0.6 is 11.6 Å². The Morgan fingerprint density at radius 3 is 2.38 bits per heavy atom. The minimum Gasteiger partial charge on any atom is -0.355 e. The summed E-state index contributed by atoms with van der Waals surface area (Å²) >= 11 is 6.02. The van der Waals surface area contributed by atoms with E-state index in [0.717, 1.165) is 16.9 Å². The van der Waals surface area contributed by atoms with Crippen LogP contribution in [0, 0.1) is 6.92 Å². The van der Waals surface area contributed by atoms with Gasteiger partial charge in [-0.05, 0) is 48.9 Å². The molecule has 0 saturated carbocycles. The minimum absolute atomic E-state index is 0.181. The Hall–Kier alpha value is -2.78. The van der Waals surface area contributed by atoms with Crippen LogP contribution in [0.3, 0.4) is 0 Å². The van der Waals surface area contributed by atoms with Crippen molar-refractivity contribution in [1.82, 2.24) is 0 Å². The molecule has 0 spiro atoms. The lowest BCUT2D eigenvalue weighted by Crippen LogP contribution is -2.14. The number of anilines is 3. The van der Waals surface area contributed by atoms with Gasteiger partial charge in [0.1, 0.15) is 0 Å². The maximum absolute atomic E-state index is 12.7. The Labute approximate surface area is 146 Å². The Kier molecular flexibility index (Phi) is 4.82. The van der Waals surface area contributed by atoms with E-state index < -0.39 is 0 Å². The molecule has 0 atom stereocenters. The van der Waals surface area contributed by atoms with E-state index in [9.17, 15) is 4.79 Å². The summed E-state index contributed by atoms with van der Waals surface area (Å²) in [7, 11) is 0. The van der Waals surface area contributed by atoms with Crippen LogP contribution < -0.4 is 10.6 Å². The molecule has 24 heavy (non-hydrogen) atoms. The molecule has 3 nitrogen and oxygen atoms in total. The van der Waals surface area contributed by atoms with Crippen molar-refractivity contribution in [2.45, 2.75) is 6.92 Å². The van der Waals surface area contributed by atoms with Crippen LogP contribution in [0.2, 0.25) is 5.02 Å². The molecule has 0 aromatic heterocycles. The molecule has 2 N–H and O–H groups in total. The third kappa shape index (κ3) is 3.76. The van der Waals surface area contributed by atoms with Crippen LogP contribution in [0.1, 0.15) is 15.9 Å². The van der Waals surface area contributed by atoms with Crippen molar-refractivity contribution in [3.63, 3.8) is 0 Å². The molecule has 4 heteroatoms. The molecule has 0 unspecified atom stereocenters. The average Bonchev–Trinajstić information content (AvgIpc) is 2.59. The van der Waals surface area contributed by atoms with Gasteiger partial charge < -0.3 is 10.6 Å². The van der Waals surface area contributed by atoms with E-state index in [1.165, 1.54) is 0 Å². The normalized spacial score (nSPS) is 10.2. The summed E-state index contributed by atoms with van der Waals surface area (Å²) in [4.78, 5) is 12.7. The first-order valence-electron chi connectivity index (χ1n) is 7.62. The maximum Gasteiger partial charge on any atom is 0.257 e. The first kappa shape index (κ1) is 16.1. The molecule has 0 aliphatic heterocycles. The van der Waals surface area contributed by atoms with E-state index >= 15 is 0 Å². The molecular weight excluding hydrogens is 320 g/mol. The van der Waals surface area contributed by atoms with E-state index in [4.69, 9.17) is 11.6 Å². The average molecular weight is 337 g/mol. The fourth-order valence-corrected chi connectivity index (χ4v) is 2.56. The van der Waals surface area contributed by atoms with Gasteiger partial charge in [0.15, 0.2) is 0 Å². The lowest BCUT2D eigenvalue weighted by atomic mass is 10.1. The number of amides is 1. The van der Waals surface area contributed by atoms with E-state index in [2.05, 4.69) is 10.6 Å². The molecule has 0 heterocycles. The van der Waals surface area contributed by atoms with Crippen LogP contribution in [0.5, 0.6) is 0 Å². The number of nitrogens with one attached hydrogen (secondary N) is 2. The molecule has 0 bridgehead atoms. The summed E-state index contributed by atoms with van der Waals surface area (Å²) in [6, 6.07) is 22.6. The van der Waals surface area contributed by atoms with Gasteiger partial charge in [-0.25, -0.2) is 0 Å². The Morgan fingerprint density at radius 1 is 0.875 bits per heavy atom. The van der Waals surface area contributed by atoms with Crippen LogP contribution in [0.15, 0.2) is 72.8 Å². The van der Waals surface area contributed by atoms with Crippen molar-refractivity contribution in [3.8, 4) is 0 Å². The largest absolute Gasteiger partial charge is 0.355 e. The Morgan fingerprint density at radius 2 is 1.58 bits per heavy atom. The predicted octanol–water partition coefficient (Wildman–Crippen LogP) is 5.64. The summed E-state index contributed by atoms with van der Waals surface area (Å²) in [5.41, 5.74) is 3.92. The summed E-state index contributed by atoms with van der Waals surface area (Å²) in [6.45, 7) is 1.93. The molecule has 3 aromatic rings. The fraction of sp³-hybridized carbons (Fsp3) is 0.0500. The van der Waals surface area contributed by atoms with Gasteiger partial charge in [-0.1, -0.05) is 48.0 Å². The van der Waals surface area contributed by atoms with Gasteiger partial charge in [0.05, 0.1) is 11.3 Å². The molecule has 1 amide bonds. The number of hydrogen-bond donors (Lipinski definition) is 2. The van der Waals surface area contributed by atoms with Gasteiger partial charge in [-0.15, -0.1) is 0 Å². The molecule has 0 radical (unpaired) electrons. The highest BCUT2D eigenvalue weighted by atomic mass is 35.5. The lowest BCUT2D eigenvalue weighted by Gasteiger charge is -2.13. The van der Waals surface area contributed by atoms with Crippen molar-refractivity contribution in [3.05, 3.63) is 88.9 Å². The predicted molar refractivity (Wildman–Crippen MR) is 100 cm³/mol. The number of carbonyl (C=O) groups excluding carboxylic acids is 1. The zero-order valence-electron chi connectivity index (χ0n) is 13.2. The molecule has 0 aliphatic carbocycles. The summed E-state index contributed by atoms with van der Waals surface area (Å²) < 4.78 is 0. The van der Waals surface area contributed by atoms with E-state index in [-0.39, 0.29) is 5.91 Å². The fourth-order valence-electron chi connectivity index (χ4n) is 2.39. The van der Waals surface area contributed by atoms with Crippen molar-refractivity contribution in [2.24, 2.45) is 0 Å². The van der Waals surface area contributed by atoms with Crippen LogP contribution in [0.4, 0.5) is 17.1 Å². The number of hydrogen-bond acceptors (Lipinski definition) is 2. The summed E-state index contributed by atoms with van der Waals surface area (Å²) in [5, 5.41) is 6.80. The highest BCUT2D eigenvalue weighted by Gasteiger charge is 2.12. The SMILES string of the molecule is Cc1ccc(Cl)cc1NC(=O)c1ccccc1Nc1ccccc1. The van der Waals surface area contributed by atoms with E-state index in [0.29, 0.717) is 16.3 Å². The maximum atomic E-state index is 12.7. The molecule has 0 fully saturated rings. The van der Waals surface area contributed by atoms with Gasteiger partial charge in [-0.2, -0.15) is 0 Å². The zero-order chi connectivity index (χ0) is 16.9. The van der Waals surface area contributed by atoms with E-state index in [1.54, 1.807) is 18.2 Å². The van der Waals surface area contributed by atoms with Gasteiger partial charge in [0.2, 0.25) is 0 Å². The monoisotopic (exact) mass is 336 g/mol. The molecule has 0 aliphatic rings. The highest BCUT2D eigenvalue weighted by Crippen LogP contribution is 2.24. The quantitative estimate of drug-likeness (QED) is 0.647. The number of benzene rings is 3. The number of para-hydroxylation sites is 2. The topological polar surface area (TPSA) is 41.1 Å². The van der Waals surface area contributed by atoms with Crippen LogP contribution in [-0.4, -0.2) is 5.91 Å². The molecule has 3 aromatic carbocycles. The smallest absolute Gasteiger partial charge is 0.257 e. The summed E-state index contributed by atoms with van der Waals surface area (Å²) in [5.74, 6) is -0.181.